The van der Waals surface area contributed by atoms with E-state index in [0.29, 0.717) is 17.0 Å². The molecule has 186 valence electrons. The van der Waals surface area contributed by atoms with Gasteiger partial charge in [-0.25, -0.2) is 15.0 Å². The number of aliphatic hydroxyl groups excluding tert-OH is 3. The standard InChI is InChI=1S/C23H35N7O4/c1-2-3-4-5-6-7-8-9-10-29-12-15(11-26-29)21-27-20(24)17-22(28-21)30(14-25-17)23-19(33)18(32)16(13-31)34-23/h11-12,14,16,18-19,23,31-33H,2-10,13H2,1H3,(H2,24,27,28)/t16?,18?,19-,23?/m1/s1. The molecule has 3 aromatic rings. The van der Waals surface area contributed by atoms with Gasteiger partial charge in [0.05, 0.1) is 24.7 Å². The second kappa shape index (κ2) is 11.2. The van der Waals surface area contributed by atoms with Crippen molar-refractivity contribution in [3.63, 3.8) is 0 Å². The average molecular weight is 474 g/mol. The van der Waals surface area contributed by atoms with E-state index >= 15 is 0 Å². The lowest BCUT2D eigenvalue weighted by Crippen LogP contribution is -2.33. The topological polar surface area (TPSA) is 157 Å². The van der Waals surface area contributed by atoms with E-state index < -0.39 is 31.1 Å². The highest BCUT2D eigenvalue weighted by atomic mass is 16.6. The van der Waals surface area contributed by atoms with Gasteiger partial charge in [0.15, 0.2) is 23.5 Å². The molecule has 11 nitrogen and oxygen atoms in total. The van der Waals surface area contributed by atoms with E-state index in [4.69, 9.17) is 10.5 Å². The molecule has 0 aromatic carbocycles. The number of rotatable bonds is 12. The fourth-order valence-electron chi connectivity index (χ4n) is 4.37. The monoisotopic (exact) mass is 473 g/mol. The van der Waals surface area contributed by atoms with Crippen molar-refractivity contribution in [2.75, 3.05) is 12.3 Å². The Morgan fingerprint density at radius 2 is 1.76 bits per heavy atom. The Hall–Kier alpha value is -2.60. The number of nitrogens with zero attached hydrogens (tertiary/aromatic N) is 6. The van der Waals surface area contributed by atoms with E-state index in [0.717, 1.165) is 18.5 Å². The molecule has 34 heavy (non-hydrogen) atoms. The van der Waals surface area contributed by atoms with Crippen LogP contribution in [-0.2, 0) is 11.3 Å². The van der Waals surface area contributed by atoms with Gasteiger partial charge in [0, 0.05) is 12.7 Å². The number of hydrogen-bond donors (Lipinski definition) is 4. The predicted molar refractivity (Wildman–Crippen MR) is 127 cm³/mol. The zero-order valence-electron chi connectivity index (χ0n) is 19.6. The number of nitrogen functional groups attached to an aromatic ring is 1. The van der Waals surface area contributed by atoms with Crippen LogP contribution in [0.1, 0.15) is 64.5 Å². The van der Waals surface area contributed by atoms with Crippen LogP contribution in [-0.4, -0.2) is 69.5 Å². The van der Waals surface area contributed by atoms with Crippen LogP contribution in [0.4, 0.5) is 5.82 Å². The molecule has 0 radical (unpaired) electrons. The molecule has 3 unspecified atom stereocenters. The summed E-state index contributed by atoms with van der Waals surface area (Å²) in [5, 5.41) is 34.3. The van der Waals surface area contributed by atoms with Crippen molar-refractivity contribution in [3.8, 4) is 11.4 Å². The zero-order valence-corrected chi connectivity index (χ0v) is 19.6. The molecule has 4 rings (SSSR count). The lowest BCUT2D eigenvalue weighted by Gasteiger charge is -2.16. The van der Waals surface area contributed by atoms with Gasteiger partial charge in [0.25, 0.3) is 0 Å². The highest BCUT2D eigenvalue weighted by molar-refractivity contribution is 5.83. The quantitative estimate of drug-likeness (QED) is 0.289. The Labute approximate surface area is 198 Å². The maximum absolute atomic E-state index is 10.4. The van der Waals surface area contributed by atoms with Gasteiger partial charge in [0.2, 0.25) is 0 Å². The van der Waals surface area contributed by atoms with Crippen molar-refractivity contribution in [2.45, 2.75) is 89.4 Å². The number of fused-ring (bicyclic) bond motifs is 1. The van der Waals surface area contributed by atoms with E-state index in [1.54, 1.807) is 6.20 Å². The van der Waals surface area contributed by atoms with Crippen LogP contribution in [0.5, 0.6) is 0 Å². The molecular weight excluding hydrogens is 438 g/mol. The van der Waals surface area contributed by atoms with Gasteiger partial charge in [-0.05, 0) is 6.42 Å². The van der Waals surface area contributed by atoms with Gasteiger partial charge in [-0.15, -0.1) is 0 Å². The van der Waals surface area contributed by atoms with E-state index in [1.807, 2.05) is 10.9 Å². The summed E-state index contributed by atoms with van der Waals surface area (Å²) in [7, 11) is 0. The van der Waals surface area contributed by atoms with Gasteiger partial charge in [-0.2, -0.15) is 5.10 Å². The number of unbranched alkanes of at least 4 members (excludes halogenated alkanes) is 7. The minimum absolute atomic E-state index is 0.196. The molecule has 1 saturated heterocycles. The lowest BCUT2D eigenvalue weighted by molar-refractivity contribution is -0.0511. The summed E-state index contributed by atoms with van der Waals surface area (Å²) in [6.07, 6.45) is 10.8. The van der Waals surface area contributed by atoms with Crippen molar-refractivity contribution in [1.29, 1.82) is 0 Å². The fourth-order valence-corrected chi connectivity index (χ4v) is 4.37. The summed E-state index contributed by atoms with van der Waals surface area (Å²) >= 11 is 0. The Balaban J connectivity index is 1.43. The van der Waals surface area contributed by atoms with Crippen LogP contribution >= 0.6 is 0 Å². The first-order chi connectivity index (χ1) is 16.5. The third-order valence-electron chi connectivity index (χ3n) is 6.37. The normalized spacial score (nSPS) is 22.7. The number of aromatic nitrogens is 6. The average Bonchev–Trinajstić information content (AvgIpc) is 3.54. The molecule has 4 atom stereocenters. The Bertz CT molecular complexity index is 1070. The van der Waals surface area contributed by atoms with Crippen molar-refractivity contribution in [1.82, 2.24) is 29.3 Å². The number of aryl methyl sites for hydroxylation is 1. The molecule has 3 aromatic heterocycles. The predicted octanol–water partition coefficient (Wildman–Crippen LogP) is 2.02. The molecule has 0 aliphatic carbocycles. The number of ether oxygens (including phenoxy) is 1. The summed E-state index contributed by atoms with van der Waals surface area (Å²) in [4.78, 5) is 13.2. The first-order valence-corrected chi connectivity index (χ1v) is 12.2. The van der Waals surface area contributed by atoms with Gasteiger partial charge < -0.3 is 25.8 Å². The third kappa shape index (κ3) is 5.22. The van der Waals surface area contributed by atoms with Crippen molar-refractivity contribution in [2.24, 2.45) is 0 Å². The maximum atomic E-state index is 10.4. The van der Waals surface area contributed by atoms with Gasteiger partial charge in [-0.3, -0.25) is 9.25 Å². The van der Waals surface area contributed by atoms with Crippen LogP contribution in [0, 0.1) is 0 Å². The van der Waals surface area contributed by atoms with Gasteiger partial charge >= 0.3 is 0 Å². The van der Waals surface area contributed by atoms with Crippen LogP contribution < -0.4 is 5.73 Å². The molecule has 1 aliphatic rings. The maximum Gasteiger partial charge on any atom is 0.168 e. The third-order valence-corrected chi connectivity index (χ3v) is 6.37. The number of nitrogens with two attached hydrogens (primary N) is 1. The Morgan fingerprint density at radius 3 is 2.47 bits per heavy atom. The molecule has 4 heterocycles. The first kappa shape index (κ1) is 24.5. The highest BCUT2D eigenvalue weighted by Gasteiger charge is 2.44. The minimum atomic E-state index is -1.25. The van der Waals surface area contributed by atoms with Gasteiger partial charge in [0.1, 0.15) is 23.8 Å². The van der Waals surface area contributed by atoms with E-state index in [1.165, 1.54) is 55.8 Å². The van der Waals surface area contributed by atoms with E-state index in [9.17, 15) is 15.3 Å². The first-order valence-electron chi connectivity index (χ1n) is 12.2. The van der Waals surface area contributed by atoms with Crippen molar-refractivity contribution in [3.05, 3.63) is 18.7 Å². The van der Waals surface area contributed by atoms with Crippen LogP contribution in [0.15, 0.2) is 18.7 Å². The smallest absolute Gasteiger partial charge is 0.168 e. The molecule has 11 heteroatoms. The van der Waals surface area contributed by atoms with Crippen molar-refractivity contribution >= 4 is 17.0 Å². The summed E-state index contributed by atoms with van der Waals surface area (Å²) in [6, 6.07) is 0. The number of anilines is 1. The number of hydrogen-bond acceptors (Lipinski definition) is 9. The summed E-state index contributed by atoms with van der Waals surface area (Å²) < 4.78 is 9.02. The Kier molecular flexibility index (Phi) is 8.09. The van der Waals surface area contributed by atoms with Crippen molar-refractivity contribution < 1.29 is 20.1 Å². The summed E-state index contributed by atoms with van der Waals surface area (Å²) in [6.45, 7) is 2.64. The summed E-state index contributed by atoms with van der Waals surface area (Å²) in [5.41, 5.74) is 7.60. The molecule has 0 spiro atoms. The second-order valence-corrected chi connectivity index (χ2v) is 8.95. The number of aliphatic hydroxyl groups is 3. The Morgan fingerprint density at radius 1 is 1.03 bits per heavy atom. The lowest BCUT2D eigenvalue weighted by atomic mass is 10.1. The molecular formula is C23H35N7O4. The van der Waals surface area contributed by atoms with E-state index in [2.05, 4.69) is 27.0 Å². The molecule has 1 aliphatic heterocycles. The minimum Gasteiger partial charge on any atom is -0.394 e. The zero-order chi connectivity index (χ0) is 24.1. The SMILES string of the molecule is CCCCCCCCCCn1cc(-c2nc(N)c3ncn(C4OC(CO)C(O)[C@H]4O)c3n2)cn1. The second-order valence-electron chi connectivity index (χ2n) is 8.95. The molecule has 0 bridgehead atoms. The van der Waals surface area contributed by atoms with Gasteiger partial charge in [-0.1, -0.05) is 51.9 Å². The van der Waals surface area contributed by atoms with Crippen LogP contribution in [0.25, 0.3) is 22.6 Å². The van der Waals surface area contributed by atoms with Crippen LogP contribution in [0.2, 0.25) is 0 Å². The number of imidazole rings is 1. The largest absolute Gasteiger partial charge is 0.394 e. The molecule has 1 fully saturated rings. The molecule has 5 N–H and O–H groups in total. The molecule has 0 saturated carbocycles. The summed E-state index contributed by atoms with van der Waals surface area (Å²) in [5.74, 6) is 0.585. The molecule has 0 amide bonds. The van der Waals surface area contributed by atoms with E-state index in [-0.39, 0.29) is 5.82 Å². The highest BCUT2D eigenvalue weighted by Crippen LogP contribution is 2.32. The van der Waals surface area contributed by atoms with Crippen LogP contribution in [0.3, 0.4) is 0 Å². The fraction of sp³-hybridized carbons (Fsp3) is 0.652.